The van der Waals surface area contributed by atoms with Gasteiger partial charge in [-0.25, -0.2) is 9.48 Å². The maximum absolute atomic E-state index is 11.9. The van der Waals surface area contributed by atoms with E-state index in [0.717, 1.165) is 44.0 Å². The summed E-state index contributed by atoms with van der Waals surface area (Å²) in [5.74, 6) is -0.795. The number of carbonyl (C=O) groups is 1. The minimum atomic E-state index is -1.17. The zero-order chi connectivity index (χ0) is 23.7. The highest BCUT2D eigenvalue weighted by Crippen LogP contribution is 2.37. The van der Waals surface area contributed by atoms with Crippen LogP contribution in [0.25, 0.3) is 0 Å². The van der Waals surface area contributed by atoms with Gasteiger partial charge in [-0.15, -0.1) is 5.10 Å². The van der Waals surface area contributed by atoms with E-state index in [0.29, 0.717) is 25.8 Å². The minimum absolute atomic E-state index is 0.0742. The predicted octanol–water partition coefficient (Wildman–Crippen LogP) is -1.12. The first-order chi connectivity index (χ1) is 16.5. The number of carboxylic acids is 1. The van der Waals surface area contributed by atoms with Crippen LogP contribution in [-0.4, -0.2) is 105 Å². The molecule has 0 saturated carbocycles. The summed E-state index contributed by atoms with van der Waals surface area (Å²) in [6.45, 7) is 5.82. The molecule has 0 bridgehead atoms. The van der Waals surface area contributed by atoms with Gasteiger partial charge in [-0.3, -0.25) is 9.80 Å². The normalized spacial score (nSPS) is 20.4. The van der Waals surface area contributed by atoms with E-state index in [4.69, 9.17) is 9.39 Å². The Hall–Kier alpha value is -2.71. The summed E-state index contributed by atoms with van der Waals surface area (Å²) in [4.78, 5) is 16.0. The molecule has 2 aromatic rings. The Morgan fingerprint density at radius 2 is 2.12 bits per heavy atom. The number of ether oxygens (including phenoxy) is 1. The number of carboxylic acid groups (broad SMARTS) is 1. The first-order valence-corrected chi connectivity index (χ1v) is 11.6. The highest BCUT2D eigenvalue weighted by Gasteiger charge is 2.36. The number of aromatic nitrogens is 3. The molecule has 0 spiro atoms. The fourth-order valence-corrected chi connectivity index (χ4v) is 4.56. The molecule has 4 heterocycles. The van der Waals surface area contributed by atoms with Crippen LogP contribution in [0.5, 0.6) is 11.5 Å². The Bertz CT molecular complexity index is 1030. The van der Waals surface area contributed by atoms with Gasteiger partial charge in [0, 0.05) is 52.0 Å². The largest absolute Gasteiger partial charge is 0.535 e. The van der Waals surface area contributed by atoms with Gasteiger partial charge >= 0.3 is 13.1 Å². The van der Waals surface area contributed by atoms with E-state index in [2.05, 4.69) is 20.5 Å². The van der Waals surface area contributed by atoms with Crippen molar-refractivity contribution in [1.82, 2.24) is 30.1 Å². The predicted molar refractivity (Wildman–Crippen MR) is 121 cm³/mol. The van der Waals surface area contributed by atoms with Gasteiger partial charge in [0.05, 0.1) is 12.2 Å². The van der Waals surface area contributed by atoms with Crippen molar-refractivity contribution >= 4 is 13.1 Å². The van der Waals surface area contributed by atoms with Gasteiger partial charge in [-0.1, -0.05) is 11.3 Å². The van der Waals surface area contributed by atoms with Crippen molar-refractivity contribution in [1.29, 1.82) is 0 Å². The Balaban J connectivity index is 1.14. The van der Waals surface area contributed by atoms with Crippen molar-refractivity contribution in [3.8, 4) is 11.5 Å². The molecule has 182 valence electrons. The van der Waals surface area contributed by atoms with Gasteiger partial charge in [0.25, 0.3) is 0 Å². The van der Waals surface area contributed by atoms with Crippen molar-refractivity contribution in [2.75, 3.05) is 39.3 Å². The summed E-state index contributed by atoms with van der Waals surface area (Å²) in [6.07, 6.45) is 1.80. The second-order valence-corrected chi connectivity index (χ2v) is 8.98. The van der Waals surface area contributed by atoms with Crippen LogP contribution < -0.4 is 14.7 Å². The number of piperazine rings is 1. The number of likely N-dealkylation sites (tertiary alicyclic amines) is 1. The van der Waals surface area contributed by atoms with Gasteiger partial charge < -0.3 is 29.9 Å². The third-order valence-corrected chi connectivity index (χ3v) is 6.45. The van der Waals surface area contributed by atoms with Crippen molar-refractivity contribution < 1.29 is 29.4 Å². The van der Waals surface area contributed by atoms with Crippen molar-refractivity contribution in [3.05, 3.63) is 35.2 Å². The fraction of sp³-hybridized carbons (Fsp3) is 0.571. The van der Waals surface area contributed by atoms with E-state index < -0.39 is 19.3 Å². The summed E-state index contributed by atoms with van der Waals surface area (Å²) in [6, 6.07) is 3.41. The molecule has 1 atom stereocenters. The van der Waals surface area contributed by atoms with Gasteiger partial charge in [-0.05, 0) is 24.4 Å². The van der Waals surface area contributed by atoms with Crippen LogP contribution in [0.15, 0.2) is 18.3 Å². The smallest absolute Gasteiger partial charge is 0.522 e. The standard InChI is InChI=1S/C21H29BN6O6/c29-18(13-28-10-15(24-25-28)9-26-7-5-23-6-8-26)27-11-16(12-27)33-17-2-1-14-3-4-22(32)34-20(14)19(17)21(30)31/h1-2,10,16,18,23,29,32H,3-9,11-13H2,(H,30,31). The molecule has 3 aliphatic rings. The fourth-order valence-electron chi connectivity index (χ4n) is 4.56. The lowest BCUT2D eigenvalue weighted by Crippen LogP contribution is -2.58. The number of hydrogen-bond acceptors (Lipinski definition) is 10. The van der Waals surface area contributed by atoms with Crippen LogP contribution in [0.1, 0.15) is 21.6 Å². The van der Waals surface area contributed by atoms with Crippen LogP contribution in [0.2, 0.25) is 6.32 Å². The zero-order valence-corrected chi connectivity index (χ0v) is 18.8. The van der Waals surface area contributed by atoms with Crippen LogP contribution >= 0.6 is 0 Å². The molecule has 1 aromatic carbocycles. The molecule has 0 radical (unpaired) electrons. The topological polar surface area (TPSA) is 145 Å². The lowest BCUT2D eigenvalue weighted by atomic mass is 9.78. The molecular weight excluding hydrogens is 443 g/mol. The van der Waals surface area contributed by atoms with Gasteiger partial charge in [-0.2, -0.15) is 0 Å². The molecule has 1 unspecified atom stereocenters. The summed E-state index contributed by atoms with van der Waals surface area (Å²) in [5.41, 5.74) is 1.54. The number of hydrogen-bond donors (Lipinski definition) is 4. The number of aryl methyl sites for hydroxylation is 1. The Morgan fingerprint density at radius 3 is 2.88 bits per heavy atom. The first-order valence-electron chi connectivity index (χ1n) is 11.6. The SMILES string of the molecule is O=C(O)c1c(OC2CN(C(O)Cn3cc(CN4CCNCC4)nn3)C2)ccc2c1OB(O)CC2. The molecule has 1 aromatic heterocycles. The van der Waals surface area contributed by atoms with Crippen molar-refractivity contribution in [3.63, 3.8) is 0 Å². The summed E-state index contributed by atoms with van der Waals surface area (Å²) < 4.78 is 13.0. The highest BCUT2D eigenvalue weighted by molar-refractivity contribution is 6.44. The second-order valence-electron chi connectivity index (χ2n) is 8.98. The molecule has 13 heteroatoms. The summed E-state index contributed by atoms with van der Waals surface area (Å²) in [5, 5.41) is 41.8. The number of rotatable bonds is 8. The minimum Gasteiger partial charge on any atom is -0.535 e. The molecule has 0 aliphatic carbocycles. The number of nitrogens with zero attached hydrogens (tertiary/aromatic N) is 5. The van der Waals surface area contributed by atoms with E-state index in [9.17, 15) is 20.0 Å². The third-order valence-electron chi connectivity index (χ3n) is 6.45. The maximum Gasteiger partial charge on any atom is 0.522 e. The summed E-state index contributed by atoms with van der Waals surface area (Å²) in [7, 11) is -1.02. The average Bonchev–Trinajstić information content (AvgIpc) is 3.22. The molecule has 4 N–H and O–H groups in total. The van der Waals surface area contributed by atoms with Crippen molar-refractivity contribution in [2.45, 2.75) is 38.2 Å². The maximum atomic E-state index is 11.9. The third kappa shape index (κ3) is 5.03. The van der Waals surface area contributed by atoms with E-state index in [1.54, 1.807) is 16.8 Å². The van der Waals surface area contributed by atoms with Crippen LogP contribution in [0.4, 0.5) is 0 Å². The molecule has 2 fully saturated rings. The number of nitrogens with one attached hydrogen (secondary N) is 1. The number of aliphatic hydroxyl groups is 1. The van der Waals surface area contributed by atoms with E-state index >= 15 is 0 Å². The van der Waals surface area contributed by atoms with E-state index in [1.165, 1.54) is 0 Å². The van der Waals surface area contributed by atoms with E-state index in [-0.39, 0.29) is 29.7 Å². The Kier molecular flexibility index (Phi) is 6.70. The summed E-state index contributed by atoms with van der Waals surface area (Å²) >= 11 is 0. The number of benzene rings is 1. The lowest BCUT2D eigenvalue weighted by molar-refractivity contribution is -0.0976. The second kappa shape index (κ2) is 9.88. The monoisotopic (exact) mass is 472 g/mol. The van der Waals surface area contributed by atoms with Gasteiger partial charge in [0.1, 0.15) is 29.4 Å². The Morgan fingerprint density at radius 1 is 1.32 bits per heavy atom. The quantitative estimate of drug-likeness (QED) is 0.347. The number of aliphatic hydroxyl groups excluding tert-OH is 1. The lowest BCUT2D eigenvalue weighted by Gasteiger charge is -2.41. The average molecular weight is 472 g/mol. The van der Waals surface area contributed by atoms with Crippen LogP contribution in [0, 0.1) is 0 Å². The highest BCUT2D eigenvalue weighted by atomic mass is 16.5. The van der Waals surface area contributed by atoms with Crippen molar-refractivity contribution in [2.24, 2.45) is 0 Å². The van der Waals surface area contributed by atoms with E-state index in [1.807, 2.05) is 11.1 Å². The molecule has 34 heavy (non-hydrogen) atoms. The Labute approximate surface area is 197 Å². The molecule has 5 rings (SSSR count). The van der Waals surface area contributed by atoms with Crippen LogP contribution in [0.3, 0.4) is 0 Å². The van der Waals surface area contributed by atoms with Crippen LogP contribution in [-0.2, 0) is 19.5 Å². The molecular formula is C21H29BN6O6. The molecule has 12 nitrogen and oxygen atoms in total. The first kappa shape index (κ1) is 23.1. The van der Waals surface area contributed by atoms with Gasteiger partial charge in [0.2, 0.25) is 0 Å². The molecule has 0 amide bonds. The molecule has 2 saturated heterocycles. The number of fused-ring (bicyclic) bond motifs is 1. The zero-order valence-electron chi connectivity index (χ0n) is 18.8. The van der Waals surface area contributed by atoms with Gasteiger partial charge in [0.15, 0.2) is 0 Å². The molecule has 3 aliphatic heterocycles. The number of aromatic carboxylic acids is 1.